The van der Waals surface area contributed by atoms with Crippen molar-refractivity contribution in [3.05, 3.63) is 46.3 Å². The van der Waals surface area contributed by atoms with Crippen molar-refractivity contribution in [2.24, 2.45) is 0 Å². The highest BCUT2D eigenvalue weighted by atomic mass is 19.1. The number of methoxy groups -OCH3 is 2. The van der Waals surface area contributed by atoms with Gasteiger partial charge in [0.25, 0.3) is 6.04 Å². The summed E-state index contributed by atoms with van der Waals surface area (Å²) in [6.07, 6.45) is 2.76. The maximum Gasteiger partial charge on any atom is 0.258 e. The van der Waals surface area contributed by atoms with E-state index in [1.165, 1.54) is 32.7 Å². The number of nitro groups is 1. The van der Waals surface area contributed by atoms with Gasteiger partial charge in [-0.2, -0.15) is 0 Å². The molecule has 1 fully saturated rings. The number of nitrogens with zero attached hydrogens (tertiary/aromatic N) is 4. The Balaban J connectivity index is 1.69. The molecule has 0 spiro atoms. The highest BCUT2D eigenvalue weighted by Crippen LogP contribution is 2.37. The third-order valence-electron chi connectivity index (χ3n) is 4.93. The van der Waals surface area contributed by atoms with Crippen molar-refractivity contribution in [1.29, 1.82) is 0 Å². The standard InChI is InChI=1S/C19H17F2N5O5/c1-29-14-4-15(30-2)18(21)16(17(14)20)10-3-9-5-23-19(24-11(9)6-22-10)25-12-7-31-8-13(12)26(27)28/h3-6,12-13H,7-8H2,1-2H3,(H,23,24,25)/t12-,13+/m0/s1. The van der Waals surface area contributed by atoms with Crippen LogP contribution in [0.5, 0.6) is 11.5 Å². The normalized spacial score (nSPS) is 18.2. The van der Waals surface area contributed by atoms with E-state index in [0.29, 0.717) is 10.9 Å². The van der Waals surface area contributed by atoms with Crippen molar-refractivity contribution in [3.63, 3.8) is 0 Å². The van der Waals surface area contributed by atoms with Gasteiger partial charge in [0, 0.05) is 22.6 Å². The third-order valence-corrected chi connectivity index (χ3v) is 4.93. The number of fused-ring (bicyclic) bond motifs is 1. The van der Waals surface area contributed by atoms with Gasteiger partial charge in [0.1, 0.15) is 12.6 Å². The van der Waals surface area contributed by atoms with Crippen LogP contribution in [-0.2, 0) is 4.74 Å². The molecule has 1 aliphatic rings. The molecule has 3 heterocycles. The van der Waals surface area contributed by atoms with Crippen LogP contribution < -0.4 is 14.8 Å². The molecular weight excluding hydrogens is 416 g/mol. The van der Waals surface area contributed by atoms with Crippen LogP contribution in [0, 0.1) is 21.7 Å². The van der Waals surface area contributed by atoms with Gasteiger partial charge >= 0.3 is 0 Å². The second-order valence-electron chi connectivity index (χ2n) is 6.75. The molecule has 2 aromatic heterocycles. The first-order valence-corrected chi connectivity index (χ1v) is 9.13. The van der Waals surface area contributed by atoms with Gasteiger partial charge in [-0.15, -0.1) is 0 Å². The number of benzene rings is 1. The van der Waals surface area contributed by atoms with Crippen LogP contribution in [0.15, 0.2) is 24.5 Å². The summed E-state index contributed by atoms with van der Waals surface area (Å²) in [4.78, 5) is 23.2. The minimum absolute atomic E-state index is 0.00150. The monoisotopic (exact) mass is 433 g/mol. The predicted molar refractivity (Wildman–Crippen MR) is 105 cm³/mol. The first kappa shape index (κ1) is 20.6. The van der Waals surface area contributed by atoms with E-state index in [1.807, 2.05) is 0 Å². The molecule has 1 aliphatic heterocycles. The van der Waals surface area contributed by atoms with Gasteiger partial charge in [0.15, 0.2) is 23.1 Å². The van der Waals surface area contributed by atoms with E-state index in [0.717, 1.165) is 6.07 Å². The average Bonchev–Trinajstić information content (AvgIpc) is 3.22. The molecule has 31 heavy (non-hydrogen) atoms. The summed E-state index contributed by atoms with van der Waals surface area (Å²) in [6.45, 7) is 0.157. The Labute approximate surface area is 174 Å². The van der Waals surface area contributed by atoms with Crippen LogP contribution in [0.1, 0.15) is 0 Å². The van der Waals surface area contributed by atoms with Crippen LogP contribution >= 0.6 is 0 Å². The van der Waals surface area contributed by atoms with Crippen molar-refractivity contribution in [1.82, 2.24) is 15.0 Å². The van der Waals surface area contributed by atoms with Gasteiger partial charge in [0.2, 0.25) is 5.95 Å². The van der Waals surface area contributed by atoms with Crippen LogP contribution in [0.4, 0.5) is 14.7 Å². The van der Waals surface area contributed by atoms with E-state index in [4.69, 9.17) is 14.2 Å². The fourth-order valence-corrected chi connectivity index (χ4v) is 3.31. The lowest BCUT2D eigenvalue weighted by Gasteiger charge is -2.14. The largest absolute Gasteiger partial charge is 0.494 e. The Hall–Kier alpha value is -3.67. The lowest BCUT2D eigenvalue weighted by molar-refractivity contribution is -0.520. The van der Waals surface area contributed by atoms with Crippen molar-refractivity contribution in [3.8, 4) is 22.8 Å². The zero-order chi connectivity index (χ0) is 22.1. The summed E-state index contributed by atoms with van der Waals surface area (Å²) in [6, 6.07) is 1.06. The van der Waals surface area contributed by atoms with E-state index in [1.54, 1.807) is 0 Å². The summed E-state index contributed by atoms with van der Waals surface area (Å²) in [5.74, 6) is -2.06. The summed E-state index contributed by atoms with van der Waals surface area (Å²) < 4.78 is 44.6. The van der Waals surface area contributed by atoms with Crippen molar-refractivity contribution < 1.29 is 27.9 Å². The Bertz CT molecular complexity index is 1130. The highest BCUT2D eigenvalue weighted by molar-refractivity contribution is 5.83. The molecule has 3 aromatic rings. The number of hydrogen-bond donors (Lipinski definition) is 1. The van der Waals surface area contributed by atoms with Crippen molar-refractivity contribution >= 4 is 16.9 Å². The minimum Gasteiger partial charge on any atom is -0.494 e. The van der Waals surface area contributed by atoms with E-state index in [9.17, 15) is 18.9 Å². The number of anilines is 1. The number of pyridine rings is 1. The fraction of sp³-hybridized carbons (Fsp3) is 0.316. The lowest BCUT2D eigenvalue weighted by Crippen LogP contribution is -2.38. The lowest BCUT2D eigenvalue weighted by atomic mass is 10.1. The smallest absolute Gasteiger partial charge is 0.258 e. The zero-order valence-electron chi connectivity index (χ0n) is 16.5. The van der Waals surface area contributed by atoms with Crippen molar-refractivity contribution in [2.75, 3.05) is 32.8 Å². The van der Waals surface area contributed by atoms with Crippen LogP contribution in [0.3, 0.4) is 0 Å². The van der Waals surface area contributed by atoms with Gasteiger partial charge in [-0.3, -0.25) is 15.1 Å². The molecule has 12 heteroatoms. The molecular formula is C19H17F2N5O5. The molecule has 4 rings (SSSR count). The molecule has 162 valence electrons. The number of nitrogens with one attached hydrogen (secondary N) is 1. The van der Waals surface area contributed by atoms with Crippen molar-refractivity contribution in [2.45, 2.75) is 12.1 Å². The van der Waals surface area contributed by atoms with Crippen LogP contribution in [-0.4, -0.2) is 59.4 Å². The quantitative estimate of drug-likeness (QED) is 0.461. The number of halogens is 2. The Kier molecular flexibility index (Phi) is 5.46. The van der Waals surface area contributed by atoms with Gasteiger partial charge in [-0.1, -0.05) is 0 Å². The first-order valence-electron chi connectivity index (χ1n) is 9.13. The van der Waals surface area contributed by atoms with E-state index < -0.39 is 34.2 Å². The SMILES string of the molecule is COc1cc(OC)c(F)c(-c2cc3cnc(N[C@H]4COC[C@H]4[N+](=O)[O-])nc3cn2)c1F. The molecule has 0 radical (unpaired) electrons. The zero-order valence-corrected chi connectivity index (χ0v) is 16.5. The number of ether oxygens (including phenoxy) is 3. The molecule has 10 nitrogen and oxygen atoms in total. The van der Waals surface area contributed by atoms with Crippen LogP contribution in [0.25, 0.3) is 22.2 Å². The molecule has 0 aliphatic carbocycles. The van der Waals surface area contributed by atoms with Gasteiger partial charge in [-0.25, -0.2) is 18.7 Å². The molecule has 1 saturated heterocycles. The summed E-state index contributed by atoms with van der Waals surface area (Å²) >= 11 is 0. The summed E-state index contributed by atoms with van der Waals surface area (Å²) in [5, 5.41) is 14.4. The summed E-state index contributed by atoms with van der Waals surface area (Å²) in [7, 11) is 2.52. The highest BCUT2D eigenvalue weighted by Gasteiger charge is 2.38. The third kappa shape index (κ3) is 3.77. The van der Waals surface area contributed by atoms with Gasteiger partial charge < -0.3 is 19.5 Å². The van der Waals surface area contributed by atoms with E-state index in [2.05, 4.69) is 20.3 Å². The predicted octanol–water partition coefficient (Wildman–Crippen LogP) is 2.44. The molecule has 2 atom stereocenters. The Morgan fingerprint density at radius 3 is 2.48 bits per heavy atom. The maximum absolute atomic E-state index is 14.8. The topological polar surface area (TPSA) is 122 Å². The average molecular weight is 433 g/mol. The number of hydrogen-bond acceptors (Lipinski definition) is 9. The minimum atomic E-state index is -0.918. The van der Waals surface area contributed by atoms with E-state index >= 15 is 0 Å². The Morgan fingerprint density at radius 2 is 1.84 bits per heavy atom. The number of aromatic nitrogens is 3. The van der Waals surface area contributed by atoms with Crippen LogP contribution in [0.2, 0.25) is 0 Å². The van der Waals surface area contributed by atoms with Gasteiger partial charge in [0.05, 0.1) is 43.8 Å². The molecule has 0 saturated carbocycles. The second kappa shape index (κ2) is 8.22. The molecule has 0 amide bonds. The maximum atomic E-state index is 14.8. The number of rotatable bonds is 6. The second-order valence-corrected chi connectivity index (χ2v) is 6.75. The van der Waals surface area contributed by atoms with E-state index in [-0.39, 0.29) is 36.4 Å². The molecule has 0 unspecified atom stereocenters. The van der Waals surface area contributed by atoms with Gasteiger partial charge in [-0.05, 0) is 6.07 Å². The first-order chi connectivity index (χ1) is 14.9. The summed E-state index contributed by atoms with van der Waals surface area (Å²) in [5.41, 5.74) is -0.0210. The molecule has 0 bridgehead atoms. The Morgan fingerprint density at radius 1 is 1.13 bits per heavy atom. The molecule has 1 aromatic carbocycles. The fourth-order valence-electron chi connectivity index (χ4n) is 3.31. The molecule has 1 N–H and O–H groups in total.